The van der Waals surface area contributed by atoms with Crippen molar-refractivity contribution in [1.29, 1.82) is 0 Å². The molecular formula is C30H50O3. The van der Waals surface area contributed by atoms with E-state index in [9.17, 15) is 10.4 Å². The van der Waals surface area contributed by atoms with E-state index in [1.165, 1.54) is 50.5 Å². The van der Waals surface area contributed by atoms with Crippen LogP contribution in [-0.2, 0) is 4.89 Å². The van der Waals surface area contributed by atoms with Crippen molar-refractivity contribution >= 4 is 0 Å². The van der Waals surface area contributed by atoms with Gasteiger partial charge in [-0.05, 0) is 116 Å². The van der Waals surface area contributed by atoms with Gasteiger partial charge in [0.1, 0.15) is 0 Å². The number of hydrogen-bond donors (Lipinski definition) is 2. The molecule has 0 bridgehead atoms. The molecule has 3 heteroatoms. The third kappa shape index (κ3) is 2.80. The quantitative estimate of drug-likeness (QED) is 0.192. The molecule has 5 rings (SSSR count). The summed E-state index contributed by atoms with van der Waals surface area (Å²) in [6.45, 7) is 21.5. The van der Waals surface area contributed by atoms with Crippen LogP contribution in [0.2, 0.25) is 0 Å². The Morgan fingerprint density at radius 1 is 0.788 bits per heavy atom. The Morgan fingerprint density at radius 2 is 1.48 bits per heavy atom. The molecule has 0 aliphatic heterocycles. The maximum atomic E-state index is 11.2. The van der Waals surface area contributed by atoms with Crippen LogP contribution in [0.5, 0.6) is 0 Å². The van der Waals surface area contributed by atoms with Crippen molar-refractivity contribution < 1.29 is 15.3 Å². The average Bonchev–Trinajstić information content (AvgIpc) is 3.10. The fourth-order valence-electron chi connectivity index (χ4n) is 11.6. The summed E-state index contributed by atoms with van der Waals surface area (Å²) in [5.74, 6) is 1.90. The lowest BCUT2D eigenvalue weighted by molar-refractivity contribution is -0.449. The predicted molar refractivity (Wildman–Crippen MR) is 133 cm³/mol. The Kier molecular flexibility index (Phi) is 5.23. The van der Waals surface area contributed by atoms with E-state index in [1.54, 1.807) is 0 Å². The lowest BCUT2D eigenvalue weighted by Gasteiger charge is -2.73. The second kappa shape index (κ2) is 7.10. The molecule has 0 spiro atoms. The summed E-state index contributed by atoms with van der Waals surface area (Å²) < 4.78 is 0. The molecule has 0 unspecified atom stereocenters. The van der Waals surface area contributed by atoms with Gasteiger partial charge in [-0.2, -0.15) is 0 Å². The van der Waals surface area contributed by atoms with E-state index in [2.05, 4.69) is 55.0 Å². The third-order valence-electron chi connectivity index (χ3n) is 13.8. The smallest absolute Gasteiger partial charge is 0.204 e. The molecule has 0 aromatic heterocycles. The number of hydrogen-bond acceptors (Lipinski definition) is 3. The van der Waals surface area contributed by atoms with Crippen LogP contribution < -0.4 is 0 Å². The third-order valence-corrected chi connectivity index (χ3v) is 13.8. The van der Waals surface area contributed by atoms with E-state index in [0.29, 0.717) is 40.4 Å². The number of fused-ring (bicyclic) bond motifs is 7. The number of allylic oxidation sites excluding steroid dienone is 1. The lowest BCUT2D eigenvalue weighted by Crippen LogP contribution is -2.68. The molecule has 5 fully saturated rings. The zero-order chi connectivity index (χ0) is 24.2. The molecule has 0 aromatic carbocycles. The molecule has 3 nitrogen and oxygen atoms in total. The van der Waals surface area contributed by atoms with Gasteiger partial charge in [0, 0.05) is 11.8 Å². The summed E-state index contributed by atoms with van der Waals surface area (Å²) in [7, 11) is 0. The predicted octanol–water partition coefficient (Wildman–Crippen LogP) is 7.84. The number of rotatable bonds is 2. The van der Waals surface area contributed by atoms with Crippen LogP contribution in [0.1, 0.15) is 113 Å². The molecule has 0 aromatic rings. The summed E-state index contributed by atoms with van der Waals surface area (Å²) in [5.41, 5.74) is 2.34. The van der Waals surface area contributed by atoms with Crippen molar-refractivity contribution in [3.05, 3.63) is 12.2 Å². The first-order valence-corrected chi connectivity index (χ1v) is 13.9. The van der Waals surface area contributed by atoms with Crippen LogP contribution in [0.3, 0.4) is 0 Å². The molecule has 0 amide bonds. The summed E-state index contributed by atoms with van der Waals surface area (Å²) in [6, 6.07) is 0. The highest BCUT2D eigenvalue weighted by Gasteiger charge is 2.72. The SMILES string of the molecule is C=C(C)[C@@H]1CC[C@]2(C)CC[C@]3(C)[C@H](CC[C@@H]4[C@@]5(C)CC[C@](O)(OO)C(C)(C)[C@@H]5CC[C@]43C)[C@@H]12. The average molecular weight is 459 g/mol. The highest BCUT2D eigenvalue weighted by Crippen LogP contribution is 2.78. The molecule has 5 saturated carbocycles. The van der Waals surface area contributed by atoms with E-state index < -0.39 is 11.2 Å². The van der Waals surface area contributed by atoms with Crippen molar-refractivity contribution in [2.24, 2.45) is 56.7 Å². The Labute approximate surface area is 202 Å². The second-order valence-electron chi connectivity index (χ2n) is 14.9. The minimum atomic E-state index is -1.43. The fraction of sp³-hybridized carbons (Fsp3) is 0.933. The van der Waals surface area contributed by atoms with Crippen LogP contribution in [0, 0.1) is 56.7 Å². The van der Waals surface area contributed by atoms with Gasteiger partial charge < -0.3 is 5.11 Å². The molecule has 0 radical (unpaired) electrons. The number of aliphatic hydroxyl groups is 1. The fourth-order valence-corrected chi connectivity index (χ4v) is 11.6. The van der Waals surface area contributed by atoms with Crippen LogP contribution >= 0.6 is 0 Å². The van der Waals surface area contributed by atoms with E-state index in [-0.39, 0.29) is 5.41 Å². The molecule has 33 heavy (non-hydrogen) atoms. The molecule has 0 saturated heterocycles. The Hall–Kier alpha value is -0.380. The highest BCUT2D eigenvalue weighted by molar-refractivity contribution is 5.21. The van der Waals surface area contributed by atoms with Crippen molar-refractivity contribution in [3.63, 3.8) is 0 Å². The first-order chi connectivity index (χ1) is 15.2. The van der Waals surface area contributed by atoms with Gasteiger partial charge in [-0.3, -0.25) is 0 Å². The zero-order valence-corrected chi connectivity index (χ0v) is 22.5. The minimum Gasteiger partial charge on any atom is -0.363 e. The molecule has 0 heterocycles. The van der Waals surface area contributed by atoms with Gasteiger partial charge in [0.2, 0.25) is 5.79 Å². The topological polar surface area (TPSA) is 49.7 Å². The summed E-state index contributed by atoms with van der Waals surface area (Å²) in [5, 5.41) is 20.9. The van der Waals surface area contributed by atoms with Crippen LogP contribution in [0.4, 0.5) is 0 Å². The minimum absolute atomic E-state index is 0.180. The summed E-state index contributed by atoms with van der Waals surface area (Å²) >= 11 is 0. The molecule has 5 aliphatic carbocycles. The highest BCUT2D eigenvalue weighted by atomic mass is 17.1. The van der Waals surface area contributed by atoms with E-state index in [0.717, 1.165) is 24.7 Å². The summed E-state index contributed by atoms with van der Waals surface area (Å²) in [6.07, 6.45) is 12.0. The van der Waals surface area contributed by atoms with Crippen molar-refractivity contribution in [1.82, 2.24) is 0 Å². The van der Waals surface area contributed by atoms with Gasteiger partial charge in [0.05, 0.1) is 0 Å². The Morgan fingerprint density at radius 3 is 2.12 bits per heavy atom. The lowest BCUT2D eigenvalue weighted by atomic mass is 9.32. The second-order valence-corrected chi connectivity index (χ2v) is 14.9. The molecule has 188 valence electrons. The molecule has 2 N–H and O–H groups in total. The van der Waals surface area contributed by atoms with Gasteiger partial charge in [0.25, 0.3) is 0 Å². The molecule has 5 aliphatic rings. The normalized spacial score (nSPS) is 57.4. The Bertz CT molecular complexity index is 834. The van der Waals surface area contributed by atoms with E-state index in [1.807, 2.05) is 0 Å². The van der Waals surface area contributed by atoms with Crippen LogP contribution in [0.15, 0.2) is 12.2 Å². The van der Waals surface area contributed by atoms with Gasteiger partial charge in [-0.1, -0.05) is 53.7 Å². The zero-order valence-electron chi connectivity index (χ0n) is 22.5. The van der Waals surface area contributed by atoms with Gasteiger partial charge in [-0.25, -0.2) is 10.1 Å². The van der Waals surface area contributed by atoms with Crippen LogP contribution in [0.25, 0.3) is 0 Å². The van der Waals surface area contributed by atoms with E-state index >= 15 is 0 Å². The largest absolute Gasteiger partial charge is 0.363 e. The van der Waals surface area contributed by atoms with Crippen LogP contribution in [-0.4, -0.2) is 16.2 Å². The van der Waals surface area contributed by atoms with Gasteiger partial charge in [0.15, 0.2) is 0 Å². The van der Waals surface area contributed by atoms with E-state index in [4.69, 9.17) is 4.89 Å². The standard InChI is InChI=1S/C30H50O3/c1-19(2)20-11-13-26(5)15-17-28(7)21(24(20)26)9-10-23-27(6)16-18-30(31,33-32)25(3,4)22(27)12-14-29(23,28)8/h20-24,31-32H,1,9-18H2,2-8H3/t20-,21+,22-,23+,24+,26+,27-,28+,29+,30-/m0/s1. The van der Waals surface area contributed by atoms with Crippen molar-refractivity contribution in [2.45, 2.75) is 118 Å². The maximum absolute atomic E-state index is 11.2. The molecule has 10 atom stereocenters. The summed E-state index contributed by atoms with van der Waals surface area (Å²) in [4.78, 5) is 4.79. The monoisotopic (exact) mass is 458 g/mol. The maximum Gasteiger partial charge on any atom is 0.204 e. The van der Waals surface area contributed by atoms with Crippen molar-refractivity contribution in [2.75, 3.05) is 0 Å². The van der Waals surface area contributed by atoms with Gasteiger partial charge >= 0.3 is 0 Å². The molecular weight excluding hydrogens is 408 g/mol. The van der Waals surface area contributed by atoms with Gasteiger partial charge in [-0.15, -0.1) is 0 Å². The Balaban J connectivity index is 1.54. The van der Waals surface area contributed by atoms with Crippen molar-refractivity contribution in [3.8, 4) is 0 Å². The first kappa shape index (κ1) is 24.3. The first-order valence-electron chi connectivity index (χ1n) is 13.9.